The SMILES string of the molecule is CCCCCCCCOc1ccc(C2(c3ccc(C)cc3)Oc3cc(Br)ccc3-c3ccc(Br)cc32)cc1. The fourth-order valence-electron chi connectivity index (χ4n) is 5.31. The van der Waals surface area contributed by atoms with Gasteiger partial charge in [-0.2, -0.15) is 0 Å². The molecule has 0 bridgehead atoms. The summed E-state index contributed by atoms with van der Waals surface area (Å²) in [7, 11) is 0. The van der Waals surface area contributed by atoms with Gasteiger partial charge < -0.3 is 9.47 Å². The van der Waals surface area contributed by atoms with Crippen LogP contribution < -0.4 is 9.47 Å². The van der Waals surface area contributed by atoms with Crippen molar-refractivity contribution in [2.24, 2.45) is 0 Å². The number of fused-ring (bicyclic) bond motifs is 3. The van der Waals surface area contributed by atoms with Gasteiger partial charge in [-0.1, -0.05) is 119 Å². The van der Waals surface area contributed by atoms with E-state index in [1.54, 1.807) is 0 Å². The van der Waals surface area contributed by atoms with E-state index in [9.17, 15) is 0 Å². The van der Waals surface area contributed by atoms with Crippen LogP contribution in [0.3, 0.4) is 0 Å². The summed E-state index contributed by atoms with van der Waals surface area (Å²) in [6, 6.07) is 29.9. The van der Waals surface area contributed by atoms with E-state index < -0.39 is 5.60 Å². The third-order valence-corrected chi connectivity index (χ3v) is 8.33. The zero-order valence-electron chi connectivity index (χ0n) is 22.1. The minimum atomic E-state index is -0.807. The molecule has 0 amide bonds. The van der Waals surface area contributed by atoms with Crippen LogP contribution in [0.2, 0.25) is 0 Å². The molecule has 0 saturated heterocycles. The van der Waals surface area contributed by atoms with E-state index in [1.165, 1.54) is 43.2 Å². The smallest absolute Gasteiger partial charge is 0.185 e. The summed E-state index contributed by atoms with van der Waals surface area (Å²) in [5.74, 6) is 1.76. The summed E-state index contributed by atoms with van der Waals surface area (Å²) in [5, 5.41) is 0. The molecule has 4 aromatic rings. The molecule has 0 saturated carbocycles. The van der Waals surface area contributed by atoms with Crippen LogP contribution in [0, 0.1) is 6.92 Å². The Morgan fingerprint density at radius 3 is 2.00 bits per heavy atom. The maximum atomic E-state index is 7.09. The molecule has 5 rings (SSSR count). The van der Waals surface area contributed by atoms with E-state index in [-0.39, 0.29) is 0 Å². The highest BCUT2D eigenvalue weighted by atomic mass is 79.9. The van der Waals surface area contributed by atoms with Gasteiger partial charge in [0.25, 0.3) is 0 Å². The second kappa shape index (κ2) is 12.1. The highest BCUT2D eigenvalue weighted by Crippen LogP contribution is 2.52. The Bertz CT molecular complexity index is 1380. The van der Waals surface area contributed by atoms with E-state index in [0.717, 1.165) is 55.7 Å². The molecule has 0 fully saturated rings. The van der Waals surface area contributed by atoms with Crippen LogP contribution in [0.5, 0.6) is 11.5 Å². The molecule has 1 heterocycles. The molecule has 2 nitrogen and oxygen atoms in total. The zero-order chi connectivity index (χ0) is 26.5. The highest BCUT2D eigenvalue weighted by Gasteiger charge is 2.44. The number of rotatable bonds is 10. The molecule has 0 radical (unpaired) electrons. The zero-order valence-corrected chi connectivity index (χ0v) is 25.3. The standard InChI is InChI=1S/C34H34Br2O2/c1-3-4-5-6-7-8-21-37-29-17-13-26(14-18-29)34(25-11-9-24(2)10-12-25)32-22-27(35)15-19-30(32)31-20-16-28(36)23-33(31)38-34/h9-20,22-23H,3-8,21H2,1-2H3. The highest BCUT2D eigenvalue weighted by molar-refractivity contribution is 9.10. The van der Waals surface area contributed by atoms with Crippen LogP contribution in [0.1, 0.15) is 67.7 Å². The summed E-state index contributed by atoms with van der Waals surface area (Å²) in [6.07, 6.45) is 7.54. The van der Waals surface area contributed by atoms with Gasteiger partial charge in [0.05, 0.1) is 6.61 Å². The number of aryl methyl sites for hydroxylation is 1. The summed E-state index contributed by atoms with van der Waals surface area (Å²) in [4.78, 5) is 0. The predicted molar refractivity (Wildman–Crippen MR) is 164 cm³/mol. The molecule has 0 aromatic heterocycles. The van der Waals surface area contributed by atoms with Crippen molar-refractivity contribution >= 4 is 31.9 Å². The maximum Gasteiger partial charge on any atom is 0.185 e. The topological polar surface area (TPSA) is 18.5 Å². The molecule has 1 aliphatic rings. The van der Waals surface area contributed by atoms with Gasteiger partial charge in [-0.15, -0.1) is 0 Å². The average Bonchev–Trinajstić information content (AvgIpc) is 2.92. The minimum absolute atomic E-state index is 0.752. The van der Waals surface area contributed by atoms with Crippen molar-refractivity contribution in [1.82, 2.24) is 0 Å². The summed E-state index contributed by atoms with van der Waals surface area (Å²) in [6.45, 7) is 5.12. The number of halogens is 2. The number of unbranched alkanes of at least 4 members (excludes halogenated alkanes) is 5. The Morgan fingerprint density at radius 2 is 1.29 bits per heavy atom. The van der Waals surface area contributed by atoms with Crippen molar-refractivity contribution in [3.8, 4) is 22.6 Å². The number of hydrogen-bond acceptors (Lipinski definition) is 2. The second-order valence-electron chi connectivity index (χ2n) is 10.1. The van der Waals surface area contributed by atoms with Gasteiger partial charge in [0.1, 0.15) is 11.5 Å². The lowest BCUT2D eigenvalue weighted by Gasteiger charge is -2.41. The number of benzene rings is 4. The van der Waals surface area contributed by atoms with Crippen molar-refractivity contribution in [2.75, 3.05) is 6.61 Å². The van der Waals surface area contributed by atoms with E-state index in [1.807, 2.05) is 0 Å². The van der Waals surface area contributed by atoms with E-state index in [2.05, 4.69) is 131 Å². The van der Waals surface area contributed by atoms with Crippen LogP contribution in [-0.4, -0.2) is 6.61 Å². The van der Waals surface area contributed by atoms with Gasteiger partial charge in [0.2, 0.25) is 0 Å². The second-order valence-corrected chi connectivity index (χ2v) is 12.0. The summed E-state index contributed by atoms with van der Waals surface area (Å²) in [5.41, 5.74) is 5.95. The molecular weight excluding hydrogens is 600 g/mol. The lowest BCUT2D eigenvalue weighted by Crippen LogP contribution is -2.38. The number of ether oxygens (including phenoxy) is 2. The fourth-order valence-corrected chi connectivity index (χ4v) is 6.01. The van der Waals surface area contributed by atoms with Crippen LogP contribution in [0.15, 0.2) is 93.9 Å². The average molecular weight is 634 g/mol. The molecule has 4 heteroatoms. The first-order chi connectivity index (χ1) is 18.5. The van der Waals surface area contributed by atoms with E-state index >= 15 is 0 Å². The molecule has 0 aliphatic carbocycles. The molecule has 196 valence electrons. The monoisotopic (exact) mass is 632 g/mol. The molecule has 0 spiro atoms. The Morgan fingerprint density at radius 1 is 0.684 bits per heavy atom. The van der Waals surface area contributed by atoms with Crippen LogP contribution in [0.25, 0.3) is 11.1 Å². The normalized spacial score (nSPS) is 15.9. The Hall–Kier alpha value is -2.56. The van der Waals surface area contributed by atoms with Gasteiger partial charge in [-0.3, -0.25) is 0 Å². The first-order valence-electron chi connectivity index (χ1n) is 13.6. The van der Waals surface area contributed by atoms with Gasteiger partial charge in [-0.05, 0) is 61.4 Å². The quantitative estimate of drug-likeness (QED) is 0.162. The van der Waals surface area contributed by atoms with Crippen molar-refractivity contribution in [2.45, 2.75) is 58.0 Å². The minimum Gasteiger partial charge on any atom is -0.494 e. The summed E-state index contributed by atoms with van der Waals surface area (Å²) < 4.78 is 15.2. The van der Waals surface area contributed by atoms with Gasteiger partial charge in [0.15, 0.2) is 5.60 Å². The van der Waals surface area contributed by atoms with Gasteiger partial charge >= 0.3 is 0 Å². The van der Waals surface area contributed by atoms with Gasteiger partial charge in [-0.25, -0.2) is 0 Å². The molecule has 4 aromatic carbocycles. The molecule has 1 aliphatic heterocycles. The first-order valence-corrected chi connectivity index (χ1v) is 15.2. The molecule has 1 unspecified atom stereocenters. The third-order valence-electron chi connectivity index (χ3n) is 7.34. The lowest BCUT2D eigenvalue weighted by atomic mass is 9.75. The molecule has 0 N–H and O–H groups in total. The number of hydrogen-bond donors (Lipinski definition) is 0. The van der Waals surface area contributed by atoms with Crippen LogP contribution in [-0.2, 0) is 5.60 Å². The Kier molecular flexibility index (Phi) is 8.60. The van der Waals surface area contributed by atoms with E-state index in [4.69, 9.17) is 9.47 Å². The lowest BCUT2D eigenvalue weighted by molar-refractivity contribution is 0.151. The first kappa shape index (κ1) is 27.0. The van der Waals surface area contributed by atoms with Crippen molar-refractivity contribution in [3.63, 3.8) is 0 Å². The van der Waals surface area contributed by atoms with Crippen molar-refractivity contribution < 1.29 is 9.47 Å². The maximum absolute atomic E-state index is 7.09. The fraction of sp³-hybridized carbons (Fsp3) is 0.294. The molecule has 1 atom stereocenters. The van der Waals surface area contributed by atoms with E-state index in [0.29, 0.717) is 0 Å². The van der Waals surface area contributed by atoms with Crippen LogP contribution >= 0.6 is 31.9 Å². The van der Waals surface area contributed by atoms with Crippen molar-refractivity contribution in [3.05, 3.63) is 116 Å². The molecule has 38 heavy (non-hydrogen) atoms. The predicted octanol–water partition coefficient (Wildman–Crippen LogP) is 10.6. The Balaban J connectivity index is 1.52. The third kappa shape index (κ3) is 5.58. The Labute approximate surface area is 243 Å². The largest absolute Gasteiger partial charge is 0.494 e. The van der Waals surface area contributed by atoms with Crippen LogP contribution in [0.4, 0.5) is 0 Å². The molecular formula is C34H34Br2O2. The van der Waals surface area contributed by atoms with Crippen molar-refractivity contribution in [1.29, 1.82) is 0 Å². The summed E-state index contributed by atoms with van der Waals surface area (Å²) >= 11 is 7.39. The van der Waals surface area contributed by atoms with Gasteiger partial charge in [0, 0.05) is 31.2 Å².